The number of hydrogen-bond donors (Lipinski definition) is 1. The molecular formula is C24H30ClN3O4. The predicted molar refractivity (Wildman–Crippen MR) is 124 cm³/mol. The number of rotatable bonds is 7. The van der Waals surface area contributed by atoms with E-state index in [9.17, 15) is 14.4 Å². The maximum Gasteiger partial charge on any atom is 0.338 e. The van der Waals surface area contributed by atoms with Crippen LogP contribution < -0.4 is 10.6 Å². The van der Waals surface area contributed by atoms with Gasteiger partial charge in [0.2, 0.25) is 11.8 Å². The number of urea groups is 1. The van der Waals surface area contributed by atoms with Gasteiger partial charge < -0.3 is 10.2 Å². The highest BCUT2D eigenvalue weighted by molar-refractivity contribution is 6.26. The normalized spacial score (nSPS) is 18.2. The van der Waals surface area contributed by atoms with Crippen LogP contribution in [0.15, 0.2) is 47.1 Å². The van der Waals surface area contributed by atoms with Crippen molar-refractivity contribution in [1.82, 2.24) is 4.90 Å². The minimum absolute atomic E-state index is 0. The van der Waals surface area contributed by atoms with Crippen molar-refractivity contribution in [3.8, 4) is 11.3 Å². The van der Waals surface area contributed by atoms with Crippen LogP contribution in [-0.4, -0.2) is 35.8 Å². The van der Waals surface area contributed by atoms with Crippen molar-refractivity contribution in [2.45, 2.75) is 44.9 Å². The number of benzene rings is 1. The van der Waals surface area contributed by atoms with E-state index in [1.807, 2.05) is 6.07 Å². The van der Waals surface area contributed by atoms with Crippen molar-refractivity contribution < 1.29 is 18.8 Å². The molecule has 1 aliphatic heterocycles. The summed E-state index contributed by atoms with van der Waals surface area (Å²) in [6.45, 7) is 1.28. The van der Waals surface area contributed by atoms with Gasteiger partial charge in [-0.1, -0.05) is 25.7 Å². The largest absolute Gasteiger partial charge is 0.464 e. The van der Waals surface area contributed by atoms with E-state index < -0.39 is 17.8 Å². The van der Waals surface area contributed by atoms with Crippen molar-refractivity contribution in [1.29, 1.82) is 0 Å². The molecule has 0 atom stereocenters. The lowest BCUT2D eigenvalue weighted by atomic mass is 10.1. The van der Waals surface area contributed by atoms with E-state index in [1.165, 1.54) is 24.2 Å². The molecule has 0 radical (unpaired) electrons. The number of amides is 4. The van der Waals surface area contributed by atoms with Crippen LogP contribution in [0.4, 0.5) is 10.5 Å². The summed E-state index contributed by atoms with van der Waals surface area (Å²) in [7, 11) is 0. The Hall–Kier alpha value is -2.64. The molecule has 2 aliphatic carbocycles. The number of nitrogens with two attached hydrogens (primary N) is 1. The van der Waals surface area contributed by atoms with E-state index in [0.29, 0.717) is 23.9 Å². The summed E-state index contributed by atoms with van der Waals surface area (Å²) in [6, 6.07) is 10.1. The lowest BCUT2D eigenvalue weighted by Crippen LogP contribution is -2.55. The number of anilines is 1. The van der Waals surface area contributed by atoms with Gasteiger partial charge in [-0.15, -0.1) is 12.4 Å². The third-order valence-corrected chi connectivity index (χ3v) is 5.94. The molecule has 3 aliphatic rings. The summed E-state index contributed by atoms with van der Waals surface area (Å²) in [5.41, 5.74) is 6.59. The molecule has 2 saturated carbocycles. The van der Waals surface area contributed by atoms with Crippen LogP contribution in [0, 0.1) is 11.8 Å². The van der Waals surface area contributed by atoms with Crippen LogP contribution in [-0.2, 0) is 9.59 Å². The second-order valence-corrected chi connectivity index (χ2v) is 8.51. The number of hydrogen-bond acceptors (Lipinski definition) is 5. The quantitative estimate of drug-likeness (QED) is 0.610. The highest BCUT2D eigenvalue weighted by Crippen LogP contribution is 2.33. The first-order valence-electron chi connectivity index (χ1n) is 11.1. The monoisotopic (exact) mass is 459 g/mol. The van der Waals surface area contributed by atoms with Gasteiger partial charge in [0.25, 0.3) is 0 Å². The zero-order valence-electron chi connectivity index (χ0n) is 18.1. The molecule has 2 N–H and O–H groups in total. The molecular weight excluding hydrogens is 430 g/mol. The molecule has 7 nitrogen and oxygen atoms in total. The van der Waals surface area contributed by atoms with Crippen molar-refractivity contribution >= 4 is 35.9 Å². The summed E-state index contributed by atoms with van der Waals surface area (Å²) in [5, 5.41) is 0. The van der Waals surface area contributed by atoms with Crippen LogP contribution >= 0.6 is 12.4 Å². The molecule has 8 heteroatoms. The van der Waals surface area contributed by atoms with Crippen molar-refractivity contribution in [2.75, 3.05) is 18.0 Å². The maximum atomic E-state index is 12.7. The molecule has 172 valence electrons. The SMILES string of the molecule is Cl.NCCC1CC1.O=C1CC(=O)N(c2ccc(-c3ccco3)cc2)C(=O)N1CCC1CC1. The van der Waals surface area contributed by atoms with E-state index in [0.717, 1.165) is 42.2 Å². The second kappa shape index (κ2) is 10.8. The first-order chi connectivity index (χ1) is 15.1. The Morgan fingerprint density at radius 2 is 1.56 bits per heavy atom. The zero-order valence-corrected chi connectivity index (χ0v) is 18.9. The number of barbiturate groups is 1. The lowest BCUT2D eigenvalue weighted by Gasteiger charge is -2.32. The van der Waals surface area contributed by atoms with Crippen molar-refractivity contribution in [3.63, 3.8) is 0 Å². The highest BCUT2D eigenvalue weighted by atomic mass is 35.5. The summed E-state index contributed by atoms with van der Waals surface area (Å²) in [4.78, 5) is 39.3. The molecule has 3 fully saturated rings. The molecule has 4 amide bonds. The van der Waals surface area contributed by atoms with E-state index in [2.05, 4.69) is 0 Å². The molecule has 0 bridgehead atoms. The van der Waals surface area contributed by atoms with Crippen molar-refractivity contribution in [2.24, 2.45) is 17.6 Å². The number of carbonyl (C=O) groups excluding carboxylic acids is 3. The van der Waals surface area contributed by atoms with Gasteiger partial charge in [-0.05, 0) is 67.6 Å². The summed E-state index contributed by atoms with van der Waals surface area (Å²) < 4.78 is 5.34. The second-order valence-electron chi connectivity index (χ2n) is 8.51. The predicted octanol–water partition coefficient (Wildman–Crippen LogP) is 4.60. The van der Waals surface area contributed by atoms with Gasteiger partial charge in [0, 0.05) is 12.1 Å². The molecule has 5 rings (SSSR count). The fraction of sp³-hybridized carbons (Fsp3) is 0.458. The molecule has 2 aromatic rings. The minimum Gasteiger partial charge on any atom is -0.464 e. The van der Waals surface area contributed by atoms with Crippen LogP contribution in [0.3, 0.4) is 0 Å². The maximum absolute atomic E-state index is 12.7. The average Bonchev–Trinajstić information content (AvgIpc) is 3.69. The smallest absolute Gasteiger partial charge is 0.338 e. The molecule has 1 saturated heterocycles. The number of carbonyl (C=O) groups is 3. The number of imide groups is 2. The van der Waals surface area contributed by atoms with Crippen LogP contribution in [0.25, 0.3) is 11.3 Å². The summed E-state index contributed by atoms with van der Waals surface area (Å²) in [6.07, 6.45) is 8.60. The topological polar surface area (TPSA) is 96.9 Å². The summed E-state index contributed by atoms with van der Waals surface area (Å²) >= 11 is 0. The van der Waals surface area contributed by atoms with Gasteiger partial charge in [-0.3, -0.25) is 14.5 Å². The number of nitrogens with zero attached hydrogens (tertiary/aromatic N) is 2. The average molecular weight is 460 g/mol. The van der Waals surface area contributed by atoms with Gasteiger partial charge in [0.1, 0.15) is 12.2 Å². The molecule has 32 heavy (non-hydrogen) atoms. The Balaban J connectivity index is 0.000000360. The van der Waals surface area contributed by atoms with Gasteiger partial charge in [-0.25, -0.2) is 9.69 Å². The van der Waals surface area contributed by atoms with Gasteiger partial charge in [-0.2, -0.15) is 0 Å². The zero-order chi connectivity index (χ0) is 21.8. The van der Waals surface area contributed by atoms with Gasteiger partial charge in [0.15, 0.2) is 0 Å². The van der Waals surface area contributed by atoms with Gasteiger partial charge >= 0.3 is 6.03 Å². The van der Waals surface area contributed by atoms with E-state index in [1.54, 1.807) is 36.6 Å². The third kappa shape index (κ3) is 5.99. The van der Waals surface area contributed by atoms with Crippen molar-refractivity contribution in [3.05, 3.63) is 42.7 Å². The third-order valence-electron chi connectivity index (χ3n) is 5.94. The molecule has 2 heterocycles. The Morgan fingerprint density at radius 3 is 2.09 bits per heavy atom. The van der Waals surface area contributed by atoms with Gasteiger partial charge in [0.05, 0.1) is 12.0 Å². The standard InChI is InChI=1S/C19H18N2O4.C5H11N.ClH/c22-17-12-18(23)21(19(24)20(17)10-9-13-3-4-13)15-7-5-14(6-8-15)16-2-1-11-25-16;6-4-3-5-1-2-5;/h1-2,5-8,11,13H,3-4,9-10,12H2;5H,1-4,6H2;1H. The first-order valence-corrected chi connectivity index (χ1v) is 11.1. The van der Waals surface area contributed by atoms with E-state index >= 15 is 0 Å². The summed E-state index contributed by atoms with van der Waals surface area (Å²) in [5.74, 6) is 1.46. The Morgan fingerprint density at radius 1 is 0.906 bits per heavy atom. The Labute approximate surface area is 194 Å². The van der Waals surface area contributed by atoms with E-state index in [4.69, 9.17) is 10.2 Å². The Bertz CT molecular complexity index is 921. The number of furan rings is 1. The first kappa shape index (κ1) is 24.0. The molecule has 1 aromatic carbocycles. The number of halogens is 1. The minimum atomic E-state index is -0.548. The highest BCUT2D eigenvalue weighted by Gasteiger charge is 2.39. The van der Waals surface area contributed by atoms with Crippen LogP contribution in [0.1, 0.15) is 44.9 Å². The Kier molecular flexibility index (Phi) is 8.10. The van der Waals surface area contributed by atoms with E-state index in [-0.39, 0.29) is 18.8 Å². The molecule has 1 aromatic heterocycles. The molecule has 0 unspecified atom stereocenters. The lowest BCUT2D eigenvalue weighted by molar-refractivity contribution is -0.134. The fourth-order valence-corrected chi connectivity index (χ4v) is 3.69. The molecule has 0 spiro atoms. The van der Waals surface area contributed by atoms with Crippen LogP contribution in [0.5, 0.6) is 0 Å². The fourth-order valence-electron chi connectivity index (χ4n) is 3.69. The van der Waals surface area contributed by atoms with Crippen LogP contribution in [0.2, 0.25) is 0 Å².